The fourth-order valence-electron chi connectivity index (χ4n) is 7.08. The van der Waals surface area contributed by atoms with Crippen molar-refractivity contribution in [3.63, 3.8) is 0 Å². The first kappa shape index (κ1) is 53.1. The number of allylic oxidation sites excluding steroid dienone is 2. The lowest BCUT2D eigenvalue weighted by Crippen LogP contribution is -2.30. The third-order valence-electron chi connectivity index (χ3n) is 10.8. The summed E-state index contributed by atoms with van der Waals surface area (Å²) in [6.07, 6.45) is 47.6. The quantitative estimate of drug-likeness (QED) is 0.0265. The second-order valence-electron chi connectivity index (χ2n) is 16.4. The molecule has 0 rings (SSSR count). The summed E-state index contributed by atoms with van der Waals surface area (Å²) in [5, 5.41) is 0. The minimum Gasteiger partial charge on any atom is -0.462 e. The topological polar surface area (TPSA) is 78.9 Å². The van der Waals surface area contributed by atoms with Gasteiger partial charge in [-0.15, -0.1) is 0 Å². The minimum absolute atomic E-state index is 0.0680. The van der Waals surface area contributed by atoms with Crippen molar-refractivity contribution in [3.05, 3.63) is 12.2 Å². The number of ether oxygens (including phenoxy) is 3. The van der Waals surface area contributed by atoms with Crippen LogP contribution in [0.1, 0.15) is 265 Å². The van der Waals surface area contributed by atoms with Crippen molar-refractivity contribution in [2.45, 2.75) is 271 Å². The number of rotatable bonds is 44. The van der Waals surface area contributed by atoms with Crippen LogP contribution in [0.5, 0.6) is 0 Å². The van der Waals surface area contributed by atoms with Gasteiger partial charge in [0.05, 0.1) is 0 Å². The molecule has 0 aromatic rings. The molecular formula is C49H92O6. The van der Waals surface area contributed by atoms with Gasteiger partial charge in [-0.1, -0.05) is 213 Å². The lowest BCUT2D eigenvalue weighted by atomic mass is 10.0. The van der Waals surface area contributed by atoms with Gasteiger partial charge >= 0.3 is 17.9 Å². The molecule has 0 aliphatic heterocycles. The first-order valence-corrected chi connectivity index (χ1v) is 24.2. The first-order valence-electron chi connectivity index (χ1n) is 24.2. The van der Waals surface area contributed by atoms with E-state index in [-0.39, 0.29) is 31.1 Å². The average molecular weight is 777 g/mol. The van der Waals surface area contributed by atoms with E-state index in [9.17, 15) is 14.4 Å². The van der Waals surface area contributed by atoms with Gasteiger partial charge in [0.25, 0.3) is 0 Å². The van der Waals surface area contributed by atoms with Crippen LogP contribution in [0.25, 0.3) is 0 Å². The molecule has 0 aliphatic carbocycles. The Bertz CT molecular complexity index is 854. The molecule has 1 unspecified atom stereocenters. The Balaban J connectivity index is 4.29. The molecule has 6 heteroatoms. The van der Waals surface area contributed by atoms with Gasteiger partial charge in [-0.3, -0.25) is 14.4 Å². The normalized spacial score (nSPS) is 12.0. The van der Waals surface area contributed by atoms with Gasteiger partial charge in [0.15, 0.2) is 6.10 Å². The third kappa shape index (κ3) is 43.1. The highest BCUT2D eigenvalue weighted by Gasteiger charge is 2.19. The molecule has 0 N–H and O–H groups in total. The van der Waals surface area contributed by atoms with E-state index in [0.29, 0.717) is 19.3 Å². The first-order chi connectivity index (χ1) is 27.0. The predicted molar refractivity (Wildman–Crippen MR) is 233 cm³/mol. The van der Waals surface area contributed by atoms with Gasteiger partial charge in [-0.05, 0) is 44.9 Å². The Hall–Kier alpha value is -1.85. The zero-order chi connectivity index (χ0) is 40.1. The molecule has 0 aliphatic rings. The summed E-state index contributed by atoms with van der Waals surface area (Å²) < 4.78 is 16.7. The van der Waals surface area contributed by atoms with Crippen LogP contribution in [-0.4, -0.2) is 37.2 Å². The molecule has 0 bridgehead atoms. The fourth-order valence-corrected chi connectivity index (χ4v) is 7.08. The summed E-state index contributed by atoms with van der Waals surface area (Å²) in [5.41, 5.74) is 0. The summed E-state index contributed by atoms with van der Waals surface area (Å²) in [6, 6.07) is 0. The molecule has 0 spiro atoms. The van der Waals surface area contributed by atoms with Gasteiger partial charge in [-0.25, -0.2) is 0 Å². The lowest BCUT2D eigenvalue weighted by Gasteiger charge is -2.18. The van der Waals surface area contributed by atoms with Gasteiger partial charge in [0, 0.05) is 19.3 Å². The van der Waals surface area contributed by atoms with Crippen LogP contribution in [0, 0.1) is 0 Å². The summed E-state index contributed by atoms with van der Waals surface area (Å²) in [4.78, 5) is 37.7. The van der Waals surface area contributed by atoms with Crippen molar-refractivity contribution in [2.24, 2.45) is 0 Å². The van der Waals surface area contributed by atoms with E-state index in [1.165, 1.54) is 161 Å². The highest BCUT2D eigenvalue weighted by Crippen LogP contribution is 2.15. The van der Waals surface area contributed by atoms with E-state index < -0.39 is 6.10 Å². The van der Waals surface area contributed by atoms with Crippen molar-refractivity contribution >= 4 is 17.9 Å². The summed E-state index contributed by atoms with van der Waals surface area (Å²) in [6.45, 7) is 6.62. The largest absolute Gasteiger partial charge is 0.462 e. The molecule has 0 amide bonds. The molecule has 0 radical (unpaired) electrons. The van der Waals surface area contributed by atoms with Crippen LogP contribution >= 0.6 is 0 Å². The molecule has 1 atom stereocenters. The van der Waals surface area contributed by atoms with Crippen LogP contribution in [0.2, 0.25) is 0 Å². The molecule has 0 saturated carbocycles. The number of esters is 3. The standard InChI is InChI=1S/C49H92O6/c1-4-7-10-13-16-19-21-23-24-26-28-31-33-36-39-42-48(51)54-45-46(55-49(52)43-40-37-34-29-18-15-12-9-6-3)44-53-47(50)41-38-35-32-30-27-25-22-20-17-14-11-8-5-2/h23-24,46H,4-22,25-45H2,1-3H3. The Kier molecular flexibility index (Phi) is 43.4. The highest BCUT2D eigenvalue weighted by molar-refractivity contribution is 5.71. The fraction of sp³-hybridized carbons (Fsp3) is 0.898. The van der Waals surface area contributed by atoms with Gasteiger partial charge in [0.2, 0.25) is 0 Å². The zero-order valence-corrected chi connectivity index (χ0v) is 37.0. The minimum atomic E-state index is -0.764. The van der Waals surface area contributed by atoms with Crippen molar-refractivity contribution in [3.8, 4) is 0 Å². The summed E-state index contributed by atoms with van der Waals surface area (Å²) >= 11 is 0. The number of hydrogen-bond donors (Lipinski definition) is 0. The van der Waals surface area contributed by atoms with Crippen molar-refractivity contribution in [1.29, 1.82) is 0 Å². The van der Waals surface area contributed by atoms with Crippen LogP contribution in [0.4, 0.5) is 0 Å². The number of carbonyl (C=O) groups excluding carboxylic acids is 3. The monoisotopic (exact) mass is 777 g/mol. The summed E-state index contributed by atoms with van der Waals surface area (Å²) in [7, 11) is 0. The predicted octanol–water partition coefficient (Wildman–Crippen LogP) is 15.4. The molecule has 0 heterocycles. The van der Waals surface area contributed by atoms with Crippen LogP contribution in [-0.2, 0) is 28.6 Å². The number of carbonyl (C=O) groups is 3. The molecule has 0 aromatic heterocycles. The Morgan fingerprint density at radius 3 is 0.909 bits per heavy atom. The van der Waals surface area contributed by atoms with E-state index in [1.54, 1.807) is 0 Å². The third-order valence-corrected chi connectivity index (χ3v) is 10.8. The van der Waals surface area contributed by atoms with Crippen molar-refractivity contribution < 1.29 is 28.6 Å². The lowest BCUT2D eigenvalue weighted by molar-refractivity contribution is -0.167. The second-order valence-corrected chi connectivity index (χ2v) is 16.4. The molecule has 0 fully saturated rings. The molecule has 0 aromatic carbocycles. The van der Waals surface area contributed by atoms with Gasteiger partial charge in [0.1, 0.15) is 13.2 Å². The smallest absolute Gasteiger partial charge is 0.306 e. The highest BCUT2D eigenvalue weighted by atomic mass is 16.6. The molecule has 0 saturated heterocycles. The maximum atomic E-state index is 12.7. The number of hydrogen-bond acceptors (Lipinski definition) is 6. The maximum absolute atomic E-state index is 12.7. The van der Waals surface area contributed by atoms with E-state index in [4.69, 9.17) is 14.2 Å². The number of unbranched alkanes of at least 4 members (excludes halogenated alkanes) is 31. The second kappa shape index (κ2) is 44.9. The van der Waals surface area contributed by atoms with Crippen LogP contribution in [0.3, 0.4) is 0 Å². The summed E-state index contributed by atoms with van der Waals surface area (Å²) in [5.74, 6) is -0.868. The van der Waals surface area contributed by atoms with Crippen molar-refractivity contribution in [1.82, 2.24) is 0 Å². The Labute approximate surface area is 341 Å². The Morgan fingerprint density at radius 1 is 0.345 bits per heavy atom. The van der Waals surface area contributed by atoms with Crippen LogP contribution in [0.15, 0.2) is 12.2 Å². The van der Waals surface area contributed by atoms with E-state index >= 15 is 0 Å². The van der Waals surface area contributed by atoms with Gasteiger partial charge < -0.3 is 14.2 Å². The van der Waals surface area contributed by atoms with E-state index in [1.807, 2.05) is 0 Å². The zero-order valence-electron chi connectivity index (χ0n) is 37.0. The SMILES string of the molecule is CCCCCCCCC=CCCCCCCCC(=O)OCC(COC(=O)CCCCCCCCCCCCCCC)OC(=O)CCCCCCCCCCC. The van der Waals surface area contributed by atoms with Gasteiger partial charge in [-0.2, -0.15) is 0 Å². The molecule has 6 nitrogen and oxygen atoms in total. The molecule has 324 valence electrons. The average Bonchev–Trinajstić information content (AvgIpc) is 3.18. The maximum Gasteiger partial charge on any atom is 0.306 e. The molecule has 55 heavy (non-hydrogen) atoms. The van der Waals surface area contributed by atoms with Crippen molar-refractivity contribution in [2.75, 3.05) is 13.2 Å². The Morgan fingerprint density at radius 2 is 0.600 bits per heavy atom. The molecular weight excluding hydrogens is 685 g/mol. The van der Waals surface area contributed by atoms with Crippen LogP contribution < -0.4 is 0 Å². The van der Waals surface area contributed by atoms with E-state index in [0.717, 1.165) is 64.2 Å². The van der Waals surface area contributed by atoms with E-state index in [2.05, 4.69) is 32.9 Å².